The quantitative estimate of drug-likeness (QED) is 0.549. The summed E-state index contributed by atoms with van der Waals surface area (Å²) in [7, 11) is 0. The second kappa shape index (κ2) is 2.92. The summed E-state index contributed by atoms with van der Waals surface area (Å²) in [5, 5.41) is 4.11. The first kappa shape index (κ1) is 6.68. The van der Waals surface area contributed by atoms with Gasteiger partial charge in [0.25, 0.3) is 0 Å². The minimum Gasteiger partial charge on any atom is -0.379 e. The number of carbonyl (C=O) groups is 1. The molecule has 50 valence electrons. The smallest absolute Gasteiger partial charge is 0.155 e. The molecule has 0 spiro atoms. The third-order valence-corrected chi connectivity index (χ3v) is 1.97. The van der Waals surface area contributed by atoms with Crippen LogP contribution in [-0.2, 0) is 4.79 Å². The normalized spacial score (nSPS) is 22.1. The summed E-state index contributed by atoms with van der Waals surface area (Å²) in [6, 6.07) is 0. The number of hydrogen-bond donors (Lipinski definition) is 1. The lowest BCUT2D eigenvalue weighted by Gasteiger charge is -1.91. The zero-order valence-electron chi connectivity index (χ0n) is 5.31. The first-order valence-corrected chi connectivity index (χ1v) is 3.86. The topological polar surface area (TPSA) is 29.1 Å². The van der Waals surface area contributed by atoms with Crippen LogP contribution in [0.2, 0.25) is 0 Å². The lowest BCUT2D eigenvalue weighted by Crippen LogP contribution is -2.05. The van der Waals surface area contributed by atoms with E-state index in [1.807, 2.05) is 0 Å². The predicted octanol–water partition coefficient (Wildman–Crippen LogP) is 0.753. The van der Waals surface area contributed by atoms with E-state index in [1.165, 1.54) is 0 Å². The molecule has 0 aromatic carbocycles. The molecule has 0 aliphatic carbocycles. The van der Waals surface area contributed by atoms with Gasteiger partial charge in [0.05, 0.1) is 5.03 Å². The molecule has 3 heteroatoms. The maximum Gasteiger partial charge on any atom is 0.155 e. The van der Waals surface area contributed by atoms with Gasteiger partial charge in [0.1, 0.15) is 0 Å². The fourth-order valence-electron chi connectivity index (χ4n) is 0.664. The van der Waals surface area contributed by atoms with Gasteiger partial charge in [0, 0.05) is 18.4 Å². The van der Waals surface area contributed by atoms with Gasteiger partial charge in [0.15, 0.2) is 5.78 Å². The van der Waals surface area contributed by atoms with E-state index in [0.29, 0.717) is 0 Å². The van der Waals surface area contributed by atoms with Gasteiger partial charge in [-0.25, -0.2) is 0 Å². The Morgan fingerprint density at radius 1 is 1.89 bits per heavy atom. The molecule has 0 saturated carbocycles. The maximum atomic E-state index is 10.5. The number of allylic oxidation sites excluding steroid dienone is 1. The van der Waals surface area contributed by atoms with Crippen molar-refractivity contribution >= 4 is 17.5 Å². The van der Waals surface area contributed by atoms with Crippen LogP contribution in [0, 0.1) is 0 Å². The first-order valence-electron chi connectivity index (χ1n) is 2.88. The van der Waals surface area contributed by atoms with Crippen LogP contribution in [0.15, 0.2) is 11.1 Å². The predicted molar refractivity (Wildman–Crippen MR) is 39.2 cm³/mol. The molecule has 1 aliphatic rings. The van der Waals surface area contributed by atoms with Crippen molar-refractivity contribution in [3.05, 3.63) is 11.1 Å². The third-order valence-electron chi connectivity index (χ3n) is 0.993. The summed E-state index contributed by atoms with van der Waals surface area (Å²) >= 11 is 1.70. The molecule has 0 aromatic rings. The largest absolute Gasteiger partial charge is 0.379 e. The van der Waals surface area contributed by atoms with E-state index < -0.39 is 0 Å². The van der Waals surface area contributed by atoms with Gasteiger partial charge < -0.3 is 5.32 Å². The van der Waals surface area contributed by atoms with E-state index in [9.17, 15) is 4.79 Å². The number of carbonyl (C=O) groups excluding carboxylic acids is 1. The van der Waals surface area contributed by atoms with Gasteiger partial charge in [-0.05, 0) is 6.92 Å². The van der Waals surface area contributed by atoms with Crippen LogP contribution in [0.5, 0.6) is 0 Å². The van der Waals surface area contributed by atoms with Crippen molar-refractivity contribution in [2.24, 2.45) is 0 Å². The molecular weight excluding hydrogens is 134 g/mol. The summed E-state index contributed by atoms with van der Waals surface area (Å²) < 4.78 is 0. The fraction of sp³-hybridized carbons (Fsp3) is 0.500. The number of thioether (sulfide) groups is 1. The second-order valence-corrected chi connectivity index (χ2v) is 3.03. The van der Waals surface area contributed by atoms with E-state index in [-0.39, 0.29) is 5.78 Å². The van der Waals surface area contributed by atoms with E-state index in [4.69, 9.17) is 0 Å². The molecule has 1 heterocycles. The van der Waals surface area contributed by atoms with Crippen molar-refractivity contribution in [3.63, 3.8) is 0 Å². The molecule has 1 N–H and O–H groups in total. The number of nitrogens with one attached hydrogen (secondary N) is 1. The summed E-state index contributed by atoms with van der Waals surface area (Å²) in [4.78, 5) is 10.5. The Morgan fingerprint density at radius 2 is 2.67 bits per heavy atom. The molecule has 0 unspecified atom stereocenters. The van der Waals surface area contributed by atoms with Crippen molar-refractivity contribution in [1.82, 2.24) is 5.32 Å². The van der Waals surface area contributed by atoms with Crippen LogP contribution >= 0.6 is 11.8 Å². The lowest BCUT2D eigenvalue weighted by molar-refractivity contribution is -0.112. The highest BCUT2D eigenvalue weighted by atomic mass is 32.2. The monoisotopic (exact) mass is 143 g/mol. The Morgan fingerprint density at radius 3 is 3.11 bits per heavy atom. The molecule has 1 saturated heterocycles. The Labute approximate surface area is 58.7 Å². The molecule has 1 fully saturated rings. The molecule has 0 amide bonds. The van der Waals surface area contributed by atoms with Crippen molar-refractivity contribution in [3.8, 4) is 0 Å². The Balaban J connectivity index is 2.49. The van der Waals surface area contributed by atoms with Crippen LogP contribution in [0.1, 0.15) is 6.92 Å². The average Bonchev–Trinajstić information content (AvgIpc) is 2.15. The highest BCUT2D eigenvalue weighted by Gasteiger charge is 2.04. The van der Waals surface area contributed by atoms with Gasteiger partial charge in [-0.15, -0.1) is 11.8 Å². The second-order valence-electron chi connectivity index (χ2n) is 1.89. The Bertz CT molecular complexity index is 145. The van der Waals surface area contributed by atoms with Gasteiger partial charge in [-0.3, -0.25) is 4.79 Å². The van der Waals surface area contributed by atoms with Crippen LogP contribution in [-0.4, -0.2) is 18.1 Å². The Kier molecular flexibility index (Phi) is 2.16. The molecule has 0 aromatic heterocycles. The summed E-state index contributed by atoms with van der Waals surface area (Å²) in [5.41, 5.74) is 0. The summed E-state index contributed by atoms with van der Waals surface area (Å²) in [6.07, 6.45) is 1.64. The molecule has 0 atom stereocenters. The van der Waals surface area contributed by atoms with Crippen LogP contribution in [0.3, 0.4) is 0 Å². The number of hydrogen-bond acceptors (Lipinski definition) is 3. The van der Waals surface area contributed by atoms with E-state index in [2.05, 4.69) is 5.32 Å². The molecule has 0 radical (unpaired) electrons. The molecule has 1 aliphatic heterocycles. The SMILES string of the molecule is CC(=O)/C=C1\NCCS1. The maximum absolute atomic E-state index is 10.5. The molecular formula is C6H9NOS. The third kappa shape index (κ3) is 2.10. The molecule has 1 rings (SSSR count). The average molecular weight is 143 g/mol. The van der Waals surface area contributed by atoms with E-state index in [0.717, 1.165) is 17.3 Å². The zero-order valence-corrected chi connectivity index (χ0v) is 6.12. The van der Waals surface area contributed by atoms with Crippen LogP contribution in [0.4, 0.5) is 0 Å². The van der Waals surface area contributed by atoms with Gasteiger partial charge in [-0.2, -0.15) is 0 Å². The highest BCUT2D eigenvalue weighted by molar-refractivity contribution is 8.03. The van der Waals surface area contributed by atoms with Crippen molar-refractivity contribution in [1.29, 1.82) is 0 Å². The first-order chi connectivity index (χ1) is 4.29. The van der Waals surface area contributed by atoms with Crippen LogP contribution in [0.25, 0.3) is 0 Å². The fourth-order valence-corrected chi connectivity index (χ4v) is 1.54. The lowest BCUT2D eigenvalue weighted by atomic mass is 10.4. The minimum absolute atomic E-state index is 0.118. The minimum atomic E-state index is 0.118. The number of ketones is 1. The highest BCUT2D eigenvalue weighted by Crippen LogP contribution is 2.16. The summed E-state index contributed by atoms with van der Waals surface area (Å²) in [5.74, 6) is 1.20. The van der Waals surface area contributed by atoms with Crippen molar-refractivity contribution < 1.29 is 4.79 Å². The molecule has 9 heavy (non-hydrogen) atoms. The van der Waals surface area contributed by atoms with Crippen LogP contribution < -0.4 is 5.32 Å². The van der Waals surface area contributed by atoms with Crippen molar-refractivity contribution in [2.45, 2.75) is 6.92 Å². The van der Waals surface area contributed by atoms with Gasteiger partial charge in [-0.1, -0.05) is 0 Å². The Hall–Kier alpha value is -0.440. The summed E-state index contributed by atoms with van der Waals surface area (Å²) in [6.45, 7) is 2.55. The van der Waals surface area contributed by atoms with Gasteiger partial charge in [0.2, 0.25) is 0 Å². The van der Waals surface area contributed by atoms with Crippen molar-refractivity contribution in [2.75, 3.05) is 12.3 Å². The van der Waals surface area contributed by atoms with E-state index >= 15 is 0 Å². The standard InChI is InChI=1S/C6H9NOS/c1-5(8)4-6-7-2-3-9-6/h4,7H,2-3H2,1H3/b6-4+. The number of rotatable bonds is 1. The molecule has 0 bridgehead atoms. The molecule has 2 nitrogen and oxygen atoms in total. The van der Waals surface area contributed by atoms with E-state index in [1.54, 1.807) is 24.8 Å². The van der Waals surface area contributed by atoms with Gasteiger partial charge >= 0.3 is 0 Å². The zero-order chi connectivity index (χ0) is 6.69.